The van der Waals surface area contributed by atoms with Crippen LogP contribution >= 0.6 is 15.9 Å². The van der Waals surface area contributed by atoms with Crippen molar-refractivity contribution >= 4 is 15.9 Å². The Bertz CT molecular complexity index is 402. The van der Waals surface area contributed by atoms with Crippen molar-refractivity contribution in [2.24, 2.45) is 0 Å². The van der Waals surface area contributed by atoms with Crippen molar-refractivity contribution in [1.29, 1.82) is 0 Å². The summed E-state index contributed by atoms with van der Waals surface area (Å²) in [7, 11) is 0. The van der Waals surface area contributed by atoms with E-state index < -0.39 is 5.60 Å². The van der Waals surface area contributed by atoms with Gasteiger partial charge in [0.25, 0.3) is 0 Å². The van der Waals surface area contributed by atoms with E-state index >= 15 is 0 Å². The molecule has 0 aromatic heterocycles. The number of ether oxygens (including phenoxy) is 2. The molecule has 18 heavy (non-hydrogen) atoms. The highest BCUT2D eigenvalue weighted by Crippen LogP contribution is 2.28. The maximum absolute atomic E-state index is 10.3. The van der Waals surface area contributed by atoms with Crippen LogP contribution in [0.25, 0.3) is 0 Å². The fourth-order valence-electron chi connectivity index (χ4n) is 2.10. The Kier molecular flexibility index (Phi) is 4.30. The molecule has 2 rings (SSSR count). The van der Waals surface area contributed by atoms with Gasteiger partial charge in [0, 0.05) is 30.5 Å². The van der Waals surface area contributed by atoms with Crippen molar-refractivity contribution in [3.05, 3.63) is 27.7 Å². The highest BCUT2D eigenvalue weighted by Gasteiger charge is 2.30. The Morgan fingerprint density at radius 1 is 1.28 bits per heavy atom. The van der Waals surface area contributed by atoms with Crippen molar-refractivity contribution in [3.8, 4) is 5.75 Å². The van der Waals surface area contributed by atoms with Crippen LogP contribution < -0.4 is 4.74 Å². The van der Waals surface area contributed by atoms with E-state index in [1.807, 2.05) is 26.0 Å². The molecule has 0 aliphatic carbocycles. The summed E-state index contributed by atoms with van der Waals surface area (Å²) in [5, 5.41) is 10.3. The van der Waals surface area contributed by atoms with E-state index in [1.54, 1.807) is 0 Å². The maximum atomic E-state index is 10.3. The van der Waals surface area contributed by atoms with Gasteiger partial charge in [0.1, 0.15) is 18.0 Å². The van der Waals surface area contributed by atoms with Crippen molar-refractivity contribution < 1.29 is 14.6 Å². The van der Waals surface area contributed by atoms with Crippen molar-refractivity contribution in [1.82, 2.24) is 0 Å². The molecule has 0 spiro atoms. The zero-order chi connectivity index (χ0) is 13.2. The fraction of sp³-hybridized carbons (Fsp3) is 0.571. The third kappa shape index (κ3) is 3.25. The Labute approximate surface area is 116 Å². The van der Waals surface area contributed by atoms with Crippen LogP contribution in [0.1, 0.15) is 24.0 Å². The standard InChI is InChI=1S/C14H19BrO3/c1-10-7-12(8-11(2)13(10)15)18-9-14(16)3-5-17-6-4-14/h7-8,16H,3-6,9H2,1-2H3. The second kappa shape index (κ2) is 5.59. The lowest BCUT2D eigenvalue weighted by atomic mass is 9.96. The van der Waals surface area contributed by atoms with Gasteiger partial charge in [0.2, 0.25) is 0 Å². The van der Waals surface area contributed by atoms with Gasteiger partial charge in [0.05, 0.1) is 0 Å². The molecule has 1 aromatic carbocycles. The average molecular weight is 315 g/mol. The molecule has 0 atom stereocenters. The Morgan fingerprint density at radius 3 is 2.39 bits per heavy atom. The molecule has 0 unspecified atom stereocenters. The maximum Gasteiger partial charge on any atom is 0.120 e. The quantitative estimate of drug-likeness (QED) is 0.932. The van der Waals surface area contributed by atoms with Crippen molar-refractivity contribution in [2.45, 2.75) is 32.3 Å². The number of hydrogen-bond donors (Lipinski definition) is 1. The average Bonchev–Trinajstić information content (AvgIpc) is 2.34. The largest absolute Gasteiger partial charge is 0.491 e. The van der Waals surface area contributed by atoms with Gasteiger partial charge < -0.3 is 14.6 Å². The highest BCUT2D eigenvalue weighted by molar-refractivity contribution is 9.10. The summed E-state index contributed by atoms with van der Waals surface area (Å²) in [6, 6.07) is 3.97. The van der Waals surface area contributed by atoms with E-state index in [0.717, 1.165) is 21.3 Å². The molecule has 0 amide bonds. The topological polar surface area (TPSA) is 38.7 Å². The van der Waals surface area contributed by atoms with Gasteiger partial charge in [-0.15, -0.1) is 0 Å². The van der Waals surface area contributed by atoms with Crippen LogP contribution in [0, 0.1) is 13.8 Å². The second-order valence-corrected chi connectivity index (χ2v) is 5.79. The van der Waals surface area contributed by atoms with E-state index in [0.29, 0.717) is 32.7 Å². The van der Waals surface area contributed by atoms with Gasteiger partial charge in [0.15, 0.2) is 0 Å². The Morgan fingerprint density at radius 2 is 1.83 bits per heavy atom. The summed E-state index contributed by atoms with van der Waals surface area (Å²) in [5.74, 6) is 0.813. The minimum Gasteiger partial charge on any atom is -0.491 e. The predicted molar refractivity (Wildman–Crippen MR) is 74.1 cm³/mol. The highest BCUT2D eigenvalue weighted by atomic mass is 79.9. The summed E-state index contributed by atoms with van der Waals surface area (Å²) in [6.07, 6.45) is 1.28. The molecule has 0 saturated carbocycles. The summed E-state index contributed by atoms with van der Waals surface area (Å²) in [6.45, 7) is 5.62. The third-order valence-electron chi connectivity index (χ3n) is 3.34. The van der Waals surface area contributed by atoms with Gasteiger partial charge >= 0.3 is 0 Å². The molecule has 1 saturated heterocycles. The fourth-order valence-corrected chi connectivity index (χ4v) is 2.33. The molecule has 1 heterocycles. The number of benzene rings is 1. The summed E-state index contributed by atoms with van der Waals surface area (Å²) >= 11 is 3.53. The van der Waals surface area contributed by atoms with Gasteiger partial charge in [-0.2, -0.15) is 0 Å². The molecule has 0 bridgehead atoms. The normalized spacial score (nSPS) is 18.7. The number of aliphatic hydroxyl groups is 1. The van der Waals surface area contributed by atoms with E-state index in [-0.39, 0.29) is 0 Å². The molecule has 1 aromatic rings. The first kappa shape index (κ1) is 13.8. The first-order chi connectivity index (χ1) is 8.50. The van der Waals surface area contributed by atoms with Gasteiger partial charge in [-0.3, -0.25) is 0 Å². The first-order valence-corrected chi connectivity index (χ1v) is 6.99. The minimum absolute atomic E-state index is 0.330. The second-order valence-electron chi connectivity index (χ2n) is 5.00. The summed E-state index contributed by atoms with van der Waals surface area (Å²) in [4.78, 5) is 0. The summed E-state index contributed by atoms with van der Waals surface area (Å²) < 4.78 is 12.1. The van der Waals surface area contributed by atoms with Crippen LogP contribution in [-0.2, 0) is 4.74 Å². The van der Waals surface area contributed by atoms with Crippen LogP contribution in [0.2, 0.25) is 0 Å². The molecule has 4 heteroatoms. The monoisotopic (exact) mass is 314 g/mol. The zero-order valence-electron chi connectivity index (χ0n) is 10.8. The lowest BCUT2D eigenvalue weighted by Gasteiger charge is -2.31. The Balaban J connectivity index is 2.01. The van der Waals surface area contributed by atoms with Gasteiger partial charge in [-0.25, -0.2) is 0 Å². The van der Waals surface area contributed by atoms with E-state index in [1.165, 1.54) is 0 Å². The predicted octanol–water partition coefficient (Wildman–Crippen LogP) is 2.99. The van der Waals surface area contributed by atoms with Crippen molar-refractivity contribution in [3.63, 3.8) is 0 Å². The first-order valence-electron chi connectivity index (χ1n) is 6.20. The smallest absolute Gasteiger partial charge is 0.120 e. The van der Waals surface area contributed by atoms with Crippen LogP contribution in [0.5, 0.6) is 5.75 Å². The summed E-state index contributed by atoms with van der Waals surface area (Å²) in [5.41, 5.74) is 1.54. The Hall–Kier alpha value is -0.580. The number of hydrogen-bond acceptors (Lipinski definition) is 3. The molecule has 3 nitrogen and oxygen atoms in total. The van der Waals surface area contributed by atoms with E-state index in [2.05, 4.69) is 15.9 Å². The van der Waals surface area contributed by atoms with Gasteiger partial charge in [-0.1, -0.05) is 15.9 Å². The van der Waals surface area contributed by atoms with Crippen LogP contribution in [0.4, 0.5) is 0 Å². The number of rotatable bonds is 3. The minimum atomic E-state index is -0.743. The molecule has 1 aliphatic rings. The van der Waals surface area contributed by atoms with Crippen molar-refractivity contribution in [2.75, 3.05) is 19.8 Å². The van der Waals surface area contributed by atoms with E-state index in [4.69, 9.17) is 9.47 Å². The van der Waals surface area contributed by atoms with Crippen LogP contribution in [0.15, 0.2) is 16.6 Å². The third-order valence-corrected chi connectivity index (χ3v) is 4.59. The molecule has 1 fully saturated rings. The zero-order valence-corrected chi connectivity index (χ0v) is 12.4. The molecular weight excluding hydrogens is 296 g/mol. The number of aryl methyl sites for hydroxylation is 2. The molecule has 0 radical (unpaired) electrons. The molecule has 1 N–H and O–H groups in total. The van der Waals surface area contributed by atoms with Crippen LogP contribution in [-0.4, -0.2) is 30.5 Å². The molecule has 1 aliphatic heterocycles. The van der Waals surface area contributed by atoms with Crippen LogP contribution in [0.3, 0.4) is 0 Å². The molecular formula is C14H19BrO3. The van der Waals surface area contributed by atoms with E-state index in [9.17, 15) is 5.11 Å². The lowest BCUT2D eigenvalue weighted by Crippen LogP contribution is -2.41. The lowest BCUT2D eigenvalue weighted by molar-refractivity contribution is -0.0855. The van der Waals surface area contributed by atoms with Gasteiger partial charge in [-0.05, 0) is 37.1 Å². The molecule has 100 valence electrons. The number of halogens is 1. The SMILES string of the molecule is Cc1cc(OCC2(O)CCOCC2)cc(C)c1Br.